The molecule has 2 atom stereocenters. The van der Waals surface area contributed by atoms with Gasteiger partial charge in [0.25, 0.3) is 0 Å². The molecule has 2 aromatic heterocycles. The van der Waals surface area contributed by atoms with Gasteiger partial charge in [0.2, 0.25) is 6.17 Å². The van der Waals surface area contributed by atoms with Crippen molar-refractivity contribution in [2.75, 3.05) is 0 Å². The maximum atomic E-state index is 5.18. The summed E-state index contributed by atoms with van der Waals surface area (Å²) in [6.45, 7) is 0. The molecular weight excluding hydrogens is 701 g/mol. The summed E-state index contributed by atoms with van der Waals surface area (Å²) in [6, 6.07) is 70.1. The Labute approximate surface area is 329 Å². The van der Waals surface area contributed by atoms with E-state index in [9.17, 15) is 0 Å². The zero-order chi connectivity index (χ0) is 37.0. The number of para-hydroxylation sites is 1. The lowest BCUT2D eigenvalue weighted by molar-refractivity contribution is -0.739. The molecule has 266 valence electrons. The van der Waals surface area contributed by atoms with Crippen molar-refractivity contribution < 1.29 is 5.32 Å². The van der Waals surface area contributed by atoms with Crippen molar-refractivity contribution in [1.29, 1.82) is 0 Å². The molecule has 0 saturated carbocycles. The number of amidine groups is 1. The van der Waals surface area contributed by atoms with Gasteiger partial charge in [0.05, 0.1) is 11.0 Å². The fourth-order valence-corrected chi connectivity index (χ4v) is 9.92. The minimum absolute atomic E-state index is 0.0308. The molecule has 0 bridgehead atoms. The van der Waals surface area contributed by atoms with Crippen LogP contribution in [0.2, 0.25) is 0 Å². The third-order valence-corrected chi connectivity index (χ3v) is 12.5. The van der Waals surface area contributed by atoms with Crippen LogP contribution < -0.4 is 10.6 Å². The maximum absolute atomic E-state index is 5.18. The maximum Gasteiger partial charge on any atom is 0.209 e. The molecule has 0 saturated heterocycles. The summed E-state index contributed by atoms with van der Waals surface area (Å²) in [7, 11) is 0. The third-order valence-electron chi connectivity index (χ3n) is 11.2. The average molecular weight is 738 g/mol. The first-order valence-corrected chi connectivity index (χ1v) is 20.0. The van der Waals surface area contributed by atoms with Crippen molar-refractivity contribution in [2.45, 2.75) is 12.3 Å². The quantitative estimate of drug-likeness (QED) is 0.175. The van der Waals surface area contributed by atoms with E-state index in [0.29, 0.717) is 0 Å². The summed E-state index contributed by atoms with van der Waals surface area (Å²) < 4.78 is 5.08. The second-order valence-electron chi connectivity index (χ2n) is 14.5. The Balaban J connectivity index is 1.02. The number of hydrogen-bond acceptors (Lipinski definition) is 3. The molecule has 3 N–H and O–H groups in total. The first kappa shape index (κ1) is 32.6. The Hall–Kier alpha value is -6.79. The van der Waals surface area contributed by atoms with E-state index in [2.05, 4.69) is 209 Å². The minimum Gasteiger partial charge on any atom is -0.317 e. The number of nitrogens with two attached hydrogens (primary N) is 1. The second kappa shape index (κ2) is 13.5. The number of aliphatic imine (C=N–C) groups is 1. The number of rotatable bonds is 6. The Bertz CT molecular complexity index is 3090. The molecule has 1 aliphatic heterocycles. The number of quaternary nitrogens is 1. The van der Waals surface area contributed by atoms with Crippen LogP contribution in [0.3, 0.4) is 0 Å². The normalized spacial score (nSPS) is 15.7. The standard InChI is InChI=1S/C51H36N4S/c1-4-15-33(16-5-1)39-24-13-26-42-43-27-14-25-40(48(43)56-47(39)42)36-29-30-46-44(32-36)41-23-10-11-28-45(41)55(46)38-22-12-21-37(31-38)51-53-49(34-17-6-2-7-18-34)52-50(54-51)35-19-8-3-9-20-35/h1-32,49,51,53H,(H,52,54)/p+1. The van der Waals surface area contributed by atoms with Gasteiger partial charge in [-0.05, 0) is 52.6 Å². The van der Waals surface area contributed by atoms with Gasteiger partial charge < -0.3 is 9.88 Å². The van der Waals surface area contributed by atoms with Crippen LogP contribution in [0, 0.1) is 0 Å². The Morgan fingerprint density at radius 3 is 1.80 bits per heavy atom. The molecule has 1 aliphatic rings. The molecule has 3 heterocycles. The number of thiophene rings is 1. The van der Waals surface area contributed by atoms with Crippen molar-refractivity contribution >= 4 is 59.2 Å². The SMILES string of the molecule is c1ccc(C2=NC(c3ccccc3)[NH2+]C(c3cccc(-n4c5ccccc5c5cc(-c6cccc7c6sc6c(-c8ccccc8)cccc67)ccc54)c3)N2)cc1. The number of nitrogens with one attached hydrogen (secondary N) is 1. The van der Waals surface area contributed by atoms with Gasteiger partial charge in [-0.1, -0.05) is 164 Å². The molecule has 4 nitrogen and oxygen atoms in total. The molecule has 0 aliphatic carbocycles. The fraction of sp³-hybridized carbons (Fsp3) is 0.0392. The number of aromatic nitrogens is 1. The smallest absolute Gasteiger partial charge is 0.209 e. The van der Waals surface area contributed by atoms with Gasteiger partial charge in [0.1, 0.15) is 5.84 Å². The summed E-state index contributed by atoms with van der Waals surface area (Å²) in [5, 5.41) is 11.2. The molecular formula is C51H37N4S+. The lowest BCUT2D eigenvalue weighted by atomic mass is 9.99. The van der Waals surface area contributed by atoms with Gasteiger partial charge in [-0.2, -0.15) is 0 Å². The largest absolute Gasteiger partial charge is 0.317 e. The van der Waals surface area contributed by atoms with E-state index in [-0.39, 0.29) is 12.3 Å². The van der Waals surface area contributed by atoms with E-state index in [0.717, 1.165) is 17.1 Å². The molecule has 0 amide bonds. The monoisotopic (exact) mass is 737 g/mol. The summed E-state index contributed by atoms with van der Waals surface area (Å²) in [5.74, 6) is 0.909. The fourth-order valence-electron chi connectivity index (χ4n) is 8.55. The Kier molecular flexibility index (Phi) is 7.87. The van der Waals surface area contributed by atoms with Crippen LogP contribution in [0.15, 0.2) is 199 Å². The van der Waals surface area contributed by atoms with E-state index < -0.39 is 0 Å². The average Bonchev–Trinajstić information content (AvgIpc) is 3.83. The van der Waals surface area contributed by atoms with Gasteiger partial charge in [-0.25, -0.2) is 4.99 Å². The van der Waals surface area contributed by atoms with E-state index in [1.165, 1.54) is 75.4 Å². The molecule has 2 unspecified atom stereocenters. The minimum atomic E-state index is -0.0664. The van der Waals surface area contributed by atoms with Gasteiger partial charge in [-0.3, -0.25) is 5.32 Å². The lowest BCUT2D eigenvalue weighted by Gasteiger charge is -2.29. The molecule has 11 rings (SSSR count). The van der Waals surface area contributed by atoms with E-state index in [1.54, 1.807) is 0 Å². The number of hydrogen-bond donors (Lipinski definition) is 2. The summed E-state index contributed by atoms with van der Waals surface area (Å²) in [4.78, 5) is 5.18. The van der Waals surface area contributed by atoms with Crippen LogP contribution in [0.5, 0.6) is 0 Å². The Morgan fingerprint density at radius 2 is 1.05 bits per heavy atom. The predicted octanol–water partition coefficient (Wildman–Crippen LogP) is 11.8. The van der Waals surface area contributed by atoms with Crippen LogP contribution in [0.1, 0.15) is 29.0 Å². The first-order chi connectivity index (χ1) is 27.8. The summed E-state index contributed by atoms with van der Waals surface area (Å²) in [6.07, 6.45) is -0.0972. The number of nitrogens with zero attached hydrogens (tertiary/aromatic N) is 2. The molecule has 0 fully saturated rings. The van der Waals surface area contributed by atoms with Crippen LogP contribution in [-0.2, 0) is 0 Å². The van der Waals surface area contributed by atoms with Crippen LogP contribution in [0.4, 0.5) is 0 Å². The molecule has 0 spiro atoms. The van der Waals surface area contributed by atoms with E-state index in [4.69, 9.17) is 4.99 Å². The highest BCUT2D eigenvalue weighted by molar-refractivity contribution is 7.26. The van der Waals surface area contributed by atoms with Crippen molar-refractivity contribution in [2.24, 2.45) is 4.99 Å². The van der Waals surface area contributed by atoms with Gasteiger partial charge in [0.15, 0.2) is 6.17 Å². The highest BCUT2D eigenvalue weighted by Crippen LogP contribution is 2.45. The Morgan fingerprint density at radius 1 is 0.464 bits per heavy atom. The highest BCUT2D eigenvalue weighted by Gasteiger charge is 2.29. The molecule has 10 aromatic rings. The molecule has 8 aromatic carbocycles. The van der Waals surface area contributed by atoms with Gasteiger partial charge in [-0.15, -0.1) is 11.3 Å². The second-order valence-corrected chi connectivity index (χ2v) is 15.5. The summed E-state index contributed by atoms with van der Waals surface area (Å²) >= 11 is 1.91. The van der Waals surface area contributed by atoms with Crippen molar-refractivity contribution in [3.63, 3.8) is 0 Å². The van der Waals surface area contributed by atoms with Crippen molar-refractivity contribution in [3.05, 3.63) is 211 Å². The highest BCUT2D eigenvalue weighted by atomic mass is 32.1. The number of fused-ring (bicyclic) bond motifs is 6. The van der Waals surface area contributed by atoms with E-state index >= 15 is 0 Å². The van der Waals surface area contributed by atoms with Crippen LogP contribution in [-0.4, -0.2) is 10.4 Å². The summed E-state index contributed by atoms with van der Waals surface area (Å²) in [5.41, 5.74) is 12.0. The molecule has 0 radical (unpaired) electrons. The topological polar surface area (TPSA) is 45.9 Å². The first-order valence-electron chi connectivity index (χ1n) is 19.2. The molecule has 5 heteroatoms. The number of benzene rings is 8. The van der Waals surface area contributed by atoms with Crippen LogP contribution in [0.25, 0.3) is 69.9 Å². The zero-order valence-corrected chi connectivity index (χ0v) is 31.3. The van der Waals surface area contributed by atoms with Gasteiger partial charge in [0, 0.05) is 53.3 Å². The van der Waals surface area contributed by atoms with Gasteiger partial charge >= 0.3 is 0 Å². The lowest BCUT2D eigenvalue weighted by Crippen LogP contribution is -2.90. The zero-order valence-electron chi connectivity index (χ0n) is 30.5. The predicted molar refractivity (Wildman–Crippen MR) is 235 cm³/mol. The van der Waals surface area contributed by atoms with E-state index in [1.807, 2.05) is 11.3 Å². The van der Waals surface area contributed by atoms with Crippen molar-refractivity contribution in [3.8, 4) is 27.9 Å². The third kappa shape index (κ3) is 5.51. The van der Waals surface area contributed by atoms with Crippen LogP contribution >= 0.6 is 11.3 Å². The van der Waals surface area contributed by atoms with Crippen molar-refractivity contribution in [1.82, 2.24) is 9.88 Å². The molecule has 56 heavy (non-hydrogen) atoms.